The summed E-state index contributed by atoms with van der Waals surface area (Å²) in [6.07, 6.45) is 3.97. The first-order valence-electron chi connectivity index (χ1n) is 9.60. The van der Waals surface area contributed by atoms with Gasteiger partial charge < -0.3 is 20.7 Å². The fourth-order valence-electron chi connectivity index (χ4n) is 3.08. The minimum Gasteiger partial charge on any atom is -0.491 e. The van der Waals surface area contributed by atoms with Crippen molar-refractivity contribution in [2.75, 3.05) is 31.3 Å². The van der Waals surface area contributed by atoms with Crippen LogP contribution in [0.1, 0.15) is 17.4 Å². The number of aldehydes is 1. The Kier molecular flexibility index (Phi) is 5.44. The van der Waals surface area contributed by atoms with E-state index in [1.54, 1.807) is 13.2 Å². The van der Waals surface area contributed by atoms with Crippen molar-refractivity contribution in [3.63, 3.8) is 0 Å². The summed E-state index contributed by atoms with van der Waals surface area (Å²) >= 11 is 0. The molecule has 0 spiro atoms. The van der Waals surface area contributed by atoms with E-state index < -0.39 is 0 Å². The topological polar surface area (TPSA) is 105 Å². The molecule has 1 unspecified atom stereocenters. The van der Waals surface area contributed by atoms with Gasteiger partial charge >= 0.3 is 0 Å². The number of hydrogen-bond donors (Lipinski definition) is 3. The molecule has 0 saturated heterocycles. The lowest BCUT2D eigenvalue weighted by Gasteiger charge is -2.14. The molecule has 9 nitrogen and oxygen atoms in total. The first-order valence-corrected chi connectivity index (χ1v) is 9.60. The van der Waals surface area contributed by atoms with Crippen molar-refractivity contribution < 1.29 is 9.53 Å². The molecule has 0 radical (unpaired) electrons. The standard InChI is InChI=1S/C21H23N7O2/c1-13(22-2)12-30-19-6-7-24-17-5-4-14(8-16(17)19)26-20-9-18(23-3)21-25-10-15(11-29)28(21)27-20/h4-11,13,22-23H,12H2,1-3H3,(H,26,27). The predicted molar refractivity (Wildman–Crippen MR) is 117 cm³/mol. The molecule has 3 heterocycles. The van der Waals surface area contributed by atoms with E-state index in [1.807, 2.05) is 37.4 Å². The maximum Gasteiger partial charge on any atom is 0.177 e. The fourth-order valence-corrected chi connectivity index (χ4v) is 3.08. The van der Waals surface area contributed by atoms with Crippen LogP contribution in [0.3, 0.4) is 0 Å². The molecule has 0 aliphatic rings. The van der Waals surface area contributed by atoms with Crippen molar-refractivity contribution >= 4 is 40.0 Å². The number of carbonyl (C=O) groups is 1. The second kappa shape index (κ2) is 8.34. The Bertz CT molecular complexity index is 1200. The third-order valence-electron chi connectivity index (χ3n) is 4.84. The van der Waals surface area contributed by atoms with Crippen LogP contribution in [0.15, 0.2) is 42.7 Å². The Morgan fingerprint density at radius 2 is 2.07 bits per heavy atom. The molecule has 0 bridgehead atoms. The number of nitrogens with zero attached hydrogens (tertiary/aromatic N) is 4. The molecular formula is C21H23N7O2. The van der Waals surface area contributed by atoms with Crippen molar-refractivity contribution in [3.05, 3.63) is 48.4 Å². The van der Waals surface area contributed by atoms with E-state index in [0.717, 1.165) is 34.3 Å². The zero-order chi connectivity index (χ0) is 21.1. The number of anilines is 3. The van der Waals surface area contributed by atoms with E-state index in [9.17, 15) is 4.79 Å². The Labute approximate surface area is 173 Å². The minimum absolute atomic E-state index is 0.229. The third-order valence-corrected chi connectivity index (χ3v) is 4.84. The molecule has 1 atom stereocenters. The summed E-state index contributed by atoms with van der Waals surface area (Å²) in [6.45, 7) is 2.60. The van der Waals surface area contributed by atoms with E-state index >= 15 is 0 Å². The first kappa shape index (κ1) is 19.6. The van der Waals surface area contributed by atoms with Crippen LogP contribution in [0, 0.1) is 0 Å². The van der Waals surface area contributed by atoms with Crippen molar-refractivity contribution in [1.82, 2.24) is 24.9 Å². The highest BCUT2D eigenvalue weighted by atomic mass is 16.5. The molecule has 0 fully saturated rings. The number of hydrogen-bond acceptors (Lipinski definition) is 8. The van der Waals surface area contributed by atoms with E-state index in [2.05, 4.69) is 37.9 Å². The first-order chi connectivity index (χ1) is 14.6. The number of rotatable bonds is 8. The van der Waals surface area contributed by atoms with Crippen LogP contribution in [0.25, 0.3) is 16.6 Å². The Balaban J connectivity index is 1.69. The molecule has 1 aromatic carbocycles. The van der Waals surface area contributed by atoms with Crippen LogP contribution in [0.4, 0.5) is 17.2 Å². The van der Waals surface area contributed by atoms with Gasteiger partial charge in [-0.3, -0.25) is 9.78 Å². The van der Waals surface area contributed by atoms with Crippen LogP contribution in [-0.4, -0.2) is 52.6 Å². The number of imidazole rings is 1. The van der Waals surface area contributed by atoms with Gasteiger partial charge in [0, 0.05) is 36.4 Å². The molecule has 3 N–H and O–H groups in total. The molecule has 0 aliphatic carbocycles. The average molecular weight is 405 g/mol. The summed E-state index contributed by atoms with van der Waals surface area (Å²) in [6, 6.07) is 9.76. The zero-order valence-electron chi connectivity index (χ0n) is 17.0. The number of pyridine rings is 1. The average Bonchev–Trinajstić information content (AvgIpc) is 3.19. The molecular weight excluding hydrogens is 382 g/mol. The van der Waals surface area contributed by atoms with Gasteiger partial charge in [0.1, 0.15) is 18.1 Å². The van der Waals surface area contributed by atoms with E-state index in [0.29, 0.717) is 23.8 Å². The van der Waals surface area contributed by atoms with Crippen molar-refractivity contribution in [3.8, 4) is 5.75 Å². The fraction of sp³-hybridized carbons (Fsp3) is 0.238. The summed E-state index contributed by atoms with van der Waals surface area (Å²) in [4.78, 5) is 20.0. The number of aromatic nitrogens is 4. The zero-order valence-corrected chi connectivity index (χ0v) is 17.0. The Morgan fingerprint density at radius 3 is 2.83 bits per heavy atom. The lowest BCUT2D eigenvalue weighted by molar-refractivity contribution is 0.111. The van der Waals surface area contributed by atoms with Gasteiger partial charge in [-0.05, 0) is 38.2 Å². The number of fused-ring (bicyclic) bond motifs is 2. The summed E-state index contributed by atoms with van der Waals surface area (Å²) in [5, 5.41) is 14.9. The normalized spacial score (nSPS) is 12.1. The lowest BCUT2D eigenvalue weighted by atomic mass is 10.2. The largest absolute Gasteiger partial charge is 0.491 e. The van der Waals surface area contributed by atoms with Gasteiger partial charge in [-0.1, -0.05) is 0 Å². The van der Waals surface area contributed by atoms with Gasteiger partial charge in [-0.15, -0.1) is 5.10 Å². The molecule has 30 heavy (non-hydrogen) atoms. The monoisotopic (exact) mass is 405 g/mol. The number of nitrogens with one attached hydrogen (secondary N) is 3. The summed E-state index contributed by atoms with van der Waals surface area (Å²) in [5.74, 6) is 1.34. The number of ether oxygens (including phenoxy) is 1. The van der Waals surface area contributed by atoms with Gasteiger partial charge in [0.25, 0.3) is 0 Å². The molecule has 3 aromatic heterocycles. The number of carbonyl (C=O) groups excluding carboxylic acids is 1. The second-order valence-electron chi connectivity index (χ2n) is 6.90. The molecule has 0 aliphatic heterocycles. The van der Waals surface area contributed by atoms with E-state index in [-0.39, 0.29) is 6.04 Å². The van der Waals surface area contributed by atoms with Crippen LogP contribution in [0.5, 0.6) is 5.75 Å². The van der Waals surface area contributed by atoms with Gasteiger partial charge in [0.15, 0.2) is 17.8 Å². The number of benzene rings is 1. The number of likely N-dealkylation sites (N-methyl/N-ethyl adjacent to an activating group) is 1. The highest BCUT2D eigenvalue weighted by Crippen LogP contribution is 2.29. The van der Waals surface area contributed by atoms with Gasteiger partial charge in [0.05, 0.1) is 17.4 Å². The summed E-state index contributed by atoms with van der Waals surface area (Å²) in [7, 11) is 3.70. The predicted octanol–water partition coefficient (Wildman–Crippen LogP) is 2.86. The van der Waals surface area contributed by atoms with Crippen molar-refractivity contribution in [1.29, 1.82) is 0 Å². The SMILES string of the molecule is CNc1cc(Nc2ccc3nccc(OCC(C)NC)c3c2)nn2c(C=O)cnc12. The Hall–Kier alpha value is -3.72. The molecule has 9 heteroatoms. The molecule has 154 valence electrons. The van der Waals surface area contributed by atoms with E-state index in [1.165, 1.54) is 10.7 Å². The highest BCUT2D eigenvalue weighted by molar-refractivity contribution is 5.88. The summed E-state index contributed by atoms with van der Waals surface area (Å²) in [5.41, 5.74) is 3.38. The quantitative estimate of drug-likeness (QED) is 0.384. The van der Waals surface area contributed by atoms with Crippen molar-refractivity contribution in [2.24, 2.45) is 0 Å². The van der Waals surface area contributed by atoms with Gasteiger partial charge in [-0.25, -0.2) is 9.50 Å². The Morgan fingerprint density at radius 1 is 1.20 bits per heavy atom. The highest BCUT2D eigenvalue weighted by Gasteiger charge is 2.12. The molecule has 0 saturated carbocycles. The third kappa shape index (κ3) is 3.74. The van der Waals surface area contributed by atoms with Crippen LogP contribution < -0.4 is 20.7 Å². The second-order valence-corrected chi connectivity index (χ2v) is 6.90. The van der Waals surface area contributed by atoms with Gasteiger partial charge in [-0.2, -0.15) is 0 Å². The van der Waals surface area contributed by atoms with E-state index in [4.69, 9.17) is 4.74 Å². The lowest BCUT2D eigenvalue weighted by Crippen LogP contribution is -2.28. The molecule has 4 rings (SSSR count). The molecule has 0 amide bonds. The van der Waals surface area contributed by atoms with Gasteiger partial charge in [0.2, 0.25) is 0 Å². The van der Waals surface area contributed by atoms with Crippen LogP contribution in [-0.2, 0) is 0 Å². The maximum atomic E-state index is 11.3. The van der Waals surface area contributed by atoms with Crippen molar-refractivity contribution in [2.45, 2.75) is 13.0 Å². The van der Waals surface area contributed by atoms with Crippen LogP contribution >= 0.6 is 0 Å². The minimum atomic E-state index is 0.229. The summed E-state index contributed by atoms with van der Waals surface area (Å²) < 4.78 is 7.50. The maximum absolute atomic E-state index is 11.3. The smallest absolute Gasteiger partial charge is 0.177 e. The molecule has 4 aromatic rings. The van der Waals surface area contributed by atoms with Crippen LogP contribution in [0.2, 0.25) is 0 Å².